The summed E-state index contributed by atoms with van der Waals surface area (Å²) in [5.41, 5.74) is 0. The van der Waals surface area contributed by atoms with Gasteiger partial charge in [0.05, 0.1) is 0 Å². The lowest BCUT2D eigenvalue weighted by atomic mass is 10.0. The molecule has 0 aromatic rings. The molecule has 0 aromatic carbocycles. The molecular weight excluding hydrogens is 853 g/mol. The third kappa shape index (κ3) is 56.2. The molecule has 402 valence electrons. The van der Waals surface area contributed by atoms with Crippen molar-refractivity contribution in [1.82, 2.24) is 0 Å². The molecule has 0 bridgehead atoms. The minimum atomic E-state index is -0.780. The fraction of sp³-hybridized carbons (Fsp3) is 0.825. The van der Waals surface area contributed by atoms with E-state index in [1.54, 1.807) is 0 Å². The van der Waals surface area contributed by atoms with Gasteiger partial charge in [-0.1, -0.05) is 262 Å². The van der Waals surface area contributed by atoms with Crippen molar-refractivity contribution in [3.63, 3.8) is 0 Å². The van der Waals surface area contributed by atoms with Gasteiger partial charge in [-0.05, 0) is 83.5 Å². The first-order valence-corrected chi connectivity index (χ1v) is 30.1. The number of ether oxygens (including phenoxy) is 3. The zero-order valence-electron chi connectivity index (χ0n) is 46.1. The highest BCUT2D eigenvalue weighted by Gasteiger charge is 2.19. The lowest BCUT2D eigenvalue weighted by Crippen LogP contribution is -2.30. The molecule has 6 nitrogen and oxygen atoms in total. The van der Waals surface area contributed by atoms with Gasteiger partial charge in [0.1, 0.15) is 13.2 Å². The number of hydrogen-bond donors (Lipinski definition) is 0. The van der Waals surface area contributed by atoms with Crippen LogP contribution in [0.15, 0.2) is 48.6 Å². The predicted octanol–water partition coefficient (Wildman–Crippen LogP) is 20.2. The van der Waals surface area contributed by atoms with Crippen LogP contribution in [0.3, 0.4) is 0 Å². The number of rotatable bonds is 55. The second kappa shape index (κ2) is 57.9. The zero-order chi connectivity index (χ0) is 50.0. The molecule has 6 heteroatoms. The van der Waals surface area contributed by atoms with Gasteiger partial charge in [0.25, 0.3) is 0 Å². The predicted molar refractivity (Wildman–Crippen MR) is 298 cm³/mol. The molecule has 0 spiro atoms. The Kier molecular flexibility index (Phi) is 55.7. The molecule has 0 N–H and O–H groups in total. The Morgan fingerprint density at radius 1 is 0.290 bits per heavy atom. The van der Waals surface area contributed by atoms with Gasteiger partial charge in [-0.25, -0.2) is 0 Å². The Labute approximate surface area is 428 Å². The van der Waals surface area contributed by atoms with Gasteiger partial charge in [-0.15, -0.1) is 0 Å². The second-order valence-electron chi connectivity index (χ2n) is 20.3. The molecule has 0 saturated heterocycles. The van der Waals surface area contributed by atoms with Crippen LogP contribution in [0.25, 0.3) is 0 Å². The molecule has 0 aromatic heterocycles. The summed E-state index contributed by atoms with van der Waals surface area (Å²) >= 11 is 0. The summed E-state index contributed by atoms with van der Waals surface area (Å²) < 4.78 is 16.9. The van der Waals surface area contributed by atoms with E-state index in [9.17, 15) is 14.4 Å². The molecule has 69 heavy (non-hydrogen) atoms. The van der Waals surface area contributed by atoms with Crippen LogP contribution in [0.2, 0.25) is 0 Å². The molecule has 0 unspecified atom stereocenters. The monoisotopic (exact) mass is 967 g/mol. The average molecular weight is 968 g/mol. The maximum absolute atomic E-state index is 12.9. The normalized spacial score (nSPS) is 12.3. The van der Waals surface area contributed by atoms with Crippen LogP contribution in [0.5, 0.6) is 0 Å². The van der Waals surface area contributed by atoms with Crippen molar-refractivity contribution >= 4 is 17.9 Å². The molecule has 0 heterocycles. The molecule has 1 atom stereocenters. The third-order valence-corrected chi connectivity index (χ3v) is 13.3. The van der Waals surface area contributed by atoms with Crippen molar-refractivity contribution in [3.05, 3.63) is 48.6 Å². The number of hydrogen-bond acceptors (Lipinski definition) is 6. The van der Waals surface area contributed by atoms with Crippen molar-refractivity contribution in [2.45, 2.75) is 322 Å². The largest absolute Gasteiger partial charge is 0.462 e. The van der Waals surface area contributed by atoms with Crippen LogP contribution >= 0.6 is 0 Å². The van der Waals surface area contributed by atoms with Crippen molar-refractivity contribution < 1.29 is 28.6 Å². The fourth-order valence-electron chi connectivity index (χ4n) is 8.74. The Morgan fingerprint density at radius 2 is 0.522 bits per heavy atom. The van der Waals surface area contributed by atoms with E-state index in [4.69, 9.17) is 14.2 Å². The van der Waals surface area contributed by atoms with Crippen LogP contribution < -0.4 is 0 Å². The molecule has 0 aliphatic carbocycles. The lowest BCUT2D eigenvalue weighted by Gasteiger charge is -2.18. The van der Waals surface area contributed by atoms with Gasteiger partial charge >= 0.3 is 17.9 Å². The number of carbonyl (C=O) groups excluding carboxylic acids is 3. The van der Waals surface area contributed by atoms with Crippen LogP contribution in [0.4, 0.5) is 0 Å². The zero-order valence-corrected chi connectivity index (χ0v) is 46.1. The lowest BCUT2D eigenvalue weighted by molar-refractivity contribution is -0.167. The van der Waals surface area contributed by atoms with Crippen molar-refractivity contribution in [2.24, 2.45) is 0 Å². The molecule has 0 aliphatic rings. The Hall–Kier alpha value is -2.63. The topological polar surface area (TPSA) is 78.9 Å². The van der Waals surface area contributed by atoms with E-state index in [-0.39, 0.29) is 31.1 Å². The van der Waals surface area contributed by atoms with E-state index in [1.807, 2.05) is 0 Å². The maximum Gasteiger partial charge on any atom is 0.306 e. The summed E-state index contributed by atoms with van der Waals surface area (Å²) in [6.07, 6.45) is 71.0. The Bertz CT molecular complexity index is 1200. The minimum absolute atomic E-state index is 0.0787. The molecular formula is C63H114O6. The van der Waals surface area contributed by atoms with E-state index in [0.717, 1.165) is 83.5 Å². The smallest absolute Gasteiger partial charge is 0.306 e. The van der Waals surface area contributed by atoms with Crippen molar-refractivity contribution in [1.29, 1.82) is 0 Å². The number of carbonyl (C=O) groups is 3. The van der Waals surface area contributed by atoms with Gasteiger partial charge in [-0.2, -0.15) is 0 Å². The van der Waals surface area contributed by atoms with Gasteiger partial charge < -0.3 is 14.2 Å². The Balaban J connectivity index is 4.38. The Morgan fingerprint density at radius 3 is 0.855 bits per heavy atom. The van der Waals surface area contributed by atoms with Crippen molar-refractivity contribution in [3.8, 4) is 0 Å². The summed E-state index contributed by atoms with van der Waals surface area (Å²) in [5.74, 6) is -0.881. The summed E-state index contributed by atoms with van der Waals surface area (Å²) in [7, 11) is 0. The molecule has 0 rings (SSSR count). The summed E-state index contributed by atoms with van der Waals surface area (Å²) in [6, 6.07) is 0. The van der Waals surface area contributed by atoms with E-state index in [2.05, 4.69) is 69.4 Å². The first-order valence-electron chi connectivity index (χ1n) is 30.1. The molecule has 0 amide bonds. The van der Waals surface area contributed by atoms with Crippen LogP contribution in [-0.2, 0) is 28.6 Å². The van der Waals surface area contributed by atoms with Crippen LogP contribution in [-0.4, -0.2) is 37.2 Å². The number of esters is 3. The number of unbranched alkanes of at least 4 members (excludes halogenated alkanes) is 36. The quantitative estimate of drug-likeness (QED) is 0.0262. The summed E-state index contributed by atoms with van der Waals surface area (Å²) in [6.45, 7) is 6.63. The number of allylic oxidation sites excluding steroid dienone is 8. The van der Waals surface area contributed by atoms with Crippen molar-refractivity contribution in [2.75, 3.05) is 13.2 Å². The average Bonchev–Trinajstić information content (AvgIpc) is 3.35. The highest BCUT2D eigenvalue weighted by atomic mass is 16.6. The van der Waals surface area contributed by atoms with Gasteiger partial charge in [0.2, 0.25) is 0 Å². The standard InChI is InChI=1S/C63H114O6/c1-4-7-10-13-16-19-22-25-28-30-31-33-35-38-41-44-47-50-53-56-62(65)68-59-60(58-67-61(64)55-52-49-46-43-40-37-34-27-24-21-18-15-12-9-6-3)69-63(66)57-54-51-48-45-42-39-36-32-29-26-23-20-17-14-11-8-5-2/h16,19,25,27-28,31,33-34,60H,4-15,17-18,20-24,26,29-30,32,35-59H2,1-3H3/b19-16-,28-25-,33-31-,34-27-/t60-/m1/s1. The van der Waals surface area contributed by atoms with Crippen LogP contribution in [0, 0.1) is 0 Å². The highest BCUT2D eigenvalue weighted by Crippen LogP contribution is 2.16. The fourth-order valence-corrected chi connectivity index (χ4v) is 8.74. The minimum Gasteiger partial charge on any atom is -0.462 e. The highest BCUT2D eigenvalue weighted by molar-refractivity contribution is 5.71. The van der Waals surface area contributed by atoms with E-state index >= 15 is 0 Å². The summed E-state index contributed by atoms with van der Waals surface area (Å²) in [5, 5.41) is 0. The van der Waals surface area contributed by atoms with E-state index in [1.165, 1.54) is 193 Å². The van der Waals surface area contributed by atoms with E-state index < -0.39 is 6.10 Å². The maximum atomic E-state index is 12.9. The SMILES string of the molecule is CCCCC/C=C\C/C=C\C/C=C\CCCCCCCCC(=O)OC[C@@H](COC(=O)CCCCCCC/C=C\CCCCCCCC)OC(=O)CCCCCCCCCCCCCCCCCCC. The first kappa shape index (κ1) is 66.4. The molecule has 0 aliphatic heterocycles. The van der Waals surface area contributed by atoms with Gasteiger partial charge in [-0.3, -0.25) is 14.4 Å². The molecule has 0 radical (unpaired) electrons. The molecule has 0 saturated carbocycles. The van der Waals surface area contributed by atoms with Gasteiger partial charge in [0.15, 0.2) is 6.10 Å². The van der Waals surface area contributed by atoms with Gasteiger partial charge in [0, 0.05) is 19.3 Å². The van der Waals surface area contributed by atoms with E-state index in [0.29, 0.717) is 19.3 Å². The second-order valence-corrected chi connectivity index (χ2v) is 20.3. The van der Waals surface area contributed by atoms with Crippen LogP contribution in [0.1, 0.15) is 316 Å². The first-order chi connectivity index (χ1) is 34.0. The molecule has 0 fully saturated rings. The third-order valence-electron chi connectivity index (χ3n) is 13.3. The summed E-state index contributed by atoms with van der Waals surface area (Å²) in [4.78, 5) is 38.2.